The van der Waals surface area contributed by atoms with Crippen molar-refractivity contribution in [2.24, 2.45) is 35.5 Å². The normalized spacial score (nSPS) is 40.1. The van der Waals surface area contributed by atoms with Gasteiger partial charge in [0.25, 0.3) is 0 Å². The fourth-order valence-corrected chi connectivity index (χ4v) is 9.71. The van der Waals surface area contributed by atoms with Crippen LogP contribution in [0.5, 0.6) is 0 Å². The Morgan fingerprint density at radius 3 is 1.29 bits per heavy atom. The highest BCUT2D eigenvalue weighted by atomic mass is 16.4. The molecule has 38 heavy (non-hydrogen) atoms. The number of carboxylic acid groups (broad SMARTS) is 2. The van der Waals surface area contributed by atoms with Crippen molar-refractivity contribution in [2.45, 2.75) is 114 Å². The van der Waals surface area contributed by atoms with Crippen LogP contribution in [0.4, 0.5) is 0 Å². The monoisotopic (exact) mass is 528 g/mol. The molecule has 6 unspecified atom stereocenters. The van der Waals surface area contributed by atoms with Gasteiger partial charge in [-0.3, -0.25) is 19.2 Å². The Hall–Kier alpha value is -2.12. The maximum absolute atomic E-state index is 13.3. The molecule has 0 bridgehead atoms. The molecule has 8 heteroatoms. The molecule has 2 saturated heterocycles. The minimum absolute atomic E-state index is 0.0766. The number of hydrogen-bond acceptors (Lipinski definition) is 4. The molecule has 0 radical (unpaired) electrons. The summed E-state index contributed by atoms with van der Waals surface area (Å²) in [5, 5.41) is 20.0. The van der Waals surface area contributed by atoms with E-state index < -0.39 is 34.9 Å². The van der Waals surface area contributed by atoms with Gasteiger partial charge in [0, 0.05) is 13.1 Å². The van der Waals surface area contributed by atoms with E-state index in [9.17, 15) is 29.4 Å². The van der Waals surface area contributed by atoms with Gasteiger partial charge in [0.05, 0.1) is 11.8 Å². The molecule has 4 saturated carbocycles. The average molecular weight is 529 g/mol. The minimum atomic E-state index is -0.929. The van der Waals surface area contributed by atoms with Crippen molar-refractivity contribution in [3.8, 4) is 0 Å². The third-order valence-electron chi connectivity index (χ3n) is 11.8. The number of amides is 2. The molecular formula is C30H44N2O6. The molecule has 4 aliphatic carbocycles. The number of hydrogen-bond donors (Lipinski definition) is 2. The van der Waals surface area contributed by atoms with E-state index in [2.05, 4.69) is 0 Å². The zero-order valence-electron chi connectivity index (χ0n) is 22.6. The second kappa shape index (κ2) is 9.81. The predicted octanol–water partition coefficient (Wildman–Crippen LogP) is 4.31. The minimum Gasteiger partial charge on any atom is -0.481 e. The van der Waals surface area contributed by atoms with E-state index in [1.54, 1.807) is 9.80 Å². The molecular weight excluding hydrogens is 484 g/mol. The van der Waals surface area contributed by atoms with Crippen molar-refractivity contribution in [3.63, 3.8) is 0 Å². The number of carbonyl (C=O) groups excluding carboxylic acids is 2. The molecule has 0 aromatic carbocycles. The number of rotatable bonds is 7. The molecule has 6 rings (SSSR count). The summed E-state index contributed by atoms with van der Waals surface area (Å²) in [5.74, 6) is -1.38. The first-order valence-electron chi connectivity index (χ1n) is 15.4. The average Bonchev–Trinajstić information content (AvgIpc) is 3.70. The third-order valence-corrected chi connectivity index (χ3v) is 11.8. The van der Waals surface area contributed by atoms with Crippen molar-refractivity contribution >= 4 is 23.8 Å². The molecule has 2 N–H and O–H groups in total. The first kappa shape index (κ1) is 26.1. The van der Waals surface area contributed by atoms with Crippen LogP contribution in [-0.4, -0.2) is 67.9 Å². The molecule has 0 aromatic rings. The Labute approximate surface area is 225 Å². The van der Waals surface area contributed by atoms with E-state index in [4.69, 9.17) is 0 Å². The van der Waals surface area contributed by atoms with Crippen LogP contribution in [0.3, 0.4) is 0 Å². The highest BCUT2D eigenvalue weighted by molar-refractivity contribution is 6.07. The zero-order chi connectivity index (χ0) is 26.7. The predicted molar refractivity (Wildman–Crippen MR) is 139 cm³/mol. The highest BCUT2D eigenvalue weighted by Gasteiger charge is 2.73. The van der Waals surface area contributed by atoms with Crippen LogP contribution in [0.15, 0.2) is 0 Å². The van der Waals surface area contributed by atoms with Crippen LogP contribution < -0.4 is 0 Å². The van der Waals surface area contributed by atoms with Crippen LogP contribution in [0.25, 0.3) is 0 Å². The topological polar surface area (TPSA) is 115 Å². The summed E-state index contributed by atoms with van der Waals surface area (Å²) in [6.07, 6.45) is 16.2. The van der Waals surface area contributed by atoms with E-state index in [1.165, 1.54) is 64.2 Å². The lowest BCUT2D eigenvalue weighted by Crippen LogP contribution is -2.45. The van der Waals surface area contributed by atoms with Crippen molar-refractivity contribution in [1.29, 1.82) is 0 Å². The molecule has 8 nitrogen and oxygen atoms in total. The van der Waals surface area contributed by atoms with E-state index in [0.29, 0.717) is 62.4 Å². The summed E-state index contributed by atoms with van der Waals surface area (Å²) in [4.78, 5) is 54.5. The smallest absolute Gasteiger partial charge is 0.309 e. The van der Waals surface area contributed by atoms with Gasteiger partial charge in [0.2, 0.25) is 11.8 Å². The Morgan fingerprint density at radius 2 is 0.947 bits per heavy atom. The molecule has 0 aromatic heterocycles. The summed E-state index contributed by atoms with van der Waals surface area (Å²) in [6, 6.07) is 0. The third kappa shape index (κ3) is 4.07. The Kier molecular flexibility index (Phi) is 6.74. The first-order valence-corrected chi connectivity index (χ1v) is 15.4. The molecule has 6 aliphatic rings. The van der Waals surface area contributed by atoms with E-state index in [-0.39, 0.29) is 11.8 Å². The summed E-state index contributed by atoms with van der Waals surface area (Å²) in [7, 11) is 0. The van der Waals surface area contributed by atoms with Crippen molar-refractivity contribution in [2.75, 3.05) is 13.1 Å². The maximum atomic E-state index is 13.3. The van der Waals surface area contributed by atoms with E-state index >= 15 is 0 Å². The molecule has 210 valence electrons. The summed E-state index contributed by atoms with van der Waals surface area (Å²) in [5.41, 5.74) is -1.86. The van der Waals surface area contributed by atoms with Gasteiger partial charge < -0.3 is 20.0 Å². The lowest BCUT2D eigenvalue weighted by atomic mass is 9.66. The fraction of sp³-hybridized carbons (Fsp3) is 0.867. The molecule has 6 atom stereocenters. The maximum Gasteiger partial charge on any atom is 0.309 e. The van der Waals surface area contributed by atoms with Gasteiger partial charge in [-0.25, -0.2) is 0 Å². The van der Waals surface area contributed by atoms with Crippen molar-refractivity contribution in [3.05, 3.63) is 0 Å². The van der Waals surface area contributed by atoms with Gasteiger partial charge in [0.15, 0.2) is 0 Å². The molecule has 6 fully saturated rings. The molecule has 2 aliphatic heterocycles. The fourth-order valence-electron chi connectivity index (χ4n) is 9.71. The van der Waals surface area contributed by atoms with Gasteiger partial charge in [-0.2, -0.15) is 0 Å². The summed E-state index contributed by atoms with van der Waals surface area (Å²) >= 11 is 0. The summed E-state index contributed by atoms with van der Waals surface area (Å²) < 4.78 is 0. The highest BCUT2D eigenvalue weighted by Crippen LogP contribution is 2.57. The second-order valence-corrected chi connectivity index (χ2v) is 13.4. The summed E-state index contributed by atoms with van der Waals surface area (Å²) in [6.45, 7) is 0.627. The van der Waals surface area contributed by atoms with Gasteiger partial charge >= 0.3 is 11.9 Å². The number of carbonyl (C=O) groups is 4. The number of carboxylic acids is 2. The Bertz CT molecular complexity index is 909. The van der Waals surface area contributed by atoms with Crippen LogP contribution >= 0.6 is 0 Å². The lowest BCUT2D eigenvalue weighted by Gasteiger charge is -2.39. The number of aliphatic carboxylic acids is 2. The van der Waals surface area contributed by atoms with Crippen molar-refractivity contribution in [1.82, 2.24) is 9.80 Å². The Balaban J connectivity index is 1.15. The first-order chi connectivity index (χ1) is 18.3. The quantitative estimate of drug-likeness (QED) is 0.476. The van der Waals surface area contributed by atoms with Gasteiger partial charge in [0.1, 0.15) is 11.1 Å². The van der Waals surface area contributed by atoms with Gasteiger partial charge in [-0.1, -0.05) is 64.2 Å². The SMILES string of the molecule is O=C(O)C1CCC(C2CCCCC2)CC12C(=O)N2CCN1C(=O)C12CC(C1CCCCC1)CCC2C(=O)O. The van der Waals surface area contributed by atoms with Gasteiger partial charge in [-0.05, 0) is 62.2 Å². The standard InChI is InChI=1S/C30H44N2O6/c33-25(34)23-13-11-21(19-7-3-1-4-8-19)17-29(23)27(37)31(29)15-16-32-28(38)30(32)18-22(12-14-24(30)26(35)36)20-9-5-2-6-10-20/h19-24H,1-18H2,(H,33,34)(H,35,36). The van der Waals surface area contributed by atoms with Crippen molar-refractivity contribution < 1.29 is 29.4 Å². The zero-order valence-corrected chi connectivity index (χ0v) is 22.6. The molecule has 2 amide bonds. The van der Waals surface area contributed by atoms with E-state index in [1.807, 2.05) is 0 Å². The molecule has 2 spiro atoms. The second-order valence-electron chi connectivity index (χ2n) is 13.4. The van der Waals surface area contributed by atoms with Crippen LogP contribution in [0, 0.1) is 35.5 Å². The number of nitrogens with zero attached hydrogens (tertiary/aromatic N) is 2. The van der Waals surface area contributed by atoms with Crippen LogP contribution in [0.1, 0.15) is 103 Å². The van der Waals surface area contributed by atoms with Crippen LogP contribution in [0.2, 0.25) is 0 Å². The van der Waals surface area contributed by atoms with E-state index in [0.717, 1.165) is 12.8 Å². The lowest BCUT2D eigenvalue weighted by molar-refractivity contribution is -0.147. The molecule has 2 heterocycles. The van der Waals surface area contributed by atoms with Crippen LogP contribution in [-0.2, 0) is 19.2 Å². The largest absolute Gasteiger partial charge is 0.481 e. The van der Waals surface area contributed by atoms with Gasteiger partial charge in [-0.15, -0.1) is 0 Å². The Morgan fingerprint density at radius 1 is 0.579 bits per heavy atom.